The SMILES string of the molecule is O=C1COC2(CCN(CC3CC3)CC2)CN1Cc1cccnc1. The molecular formula is C18H25N3O2. The van der Waals surface area contributed by atoms with Crippen LogP contribution in [0.25, 0.3) is 0 Å². The van der Waals surface area contributed by atoms with Gasteiger partial charge in [-0.05, 0) is 43.2 Å². The molecule has 4 rings (SSSR count). The lowest BCUT2D eigenvalue weighted by molar-refractivity contribution is -0.172. The average Bonchev–Trinajstić information content (AvgIpc) is 3.39. The molecule has 0 unspecified atom stereocenters. The van der Waals surface area contributed by atoms with Gasteiger partial charge >= 0.3 is 0 Å². The van der Waals surface area contributed by atoms with Crippen molar-refractivity contribution in [2.75, 3.05) is 32.8 Å². The Morgan fingerprint density at radius 3 is 2.83 bits per heavy atom. The van der Waals surface area contributed by atoms with E-state index in [-0.39, 0.29) is 18.1 Å². The fraction of sp³-hybridized carbons (Fsp3) is 0.667. The number of carbonyl (C=O) groups is 1. The van der Waals surface area contributed by atoms with Gasteiger partial charge in [-0.2, -0.15) is 0 Å². The van der Waals surface area contributed by atoms with Crippen LogP contribution in [0, 0.1) is 5.92 Å². The number of rotatable bonds is 4. The highest BCUT2D eigenvalue weighted by atomic mass is 16.5. The van der Waals surface area contributed by atoms with E-state index < -0.39 is 0 Å². The van der Waals surface area contributed by atoms with E-state index in [4.69, 9.17) is 4.74 Å². The molecule has 23 heavy (non-hydrogen) atoms. The molecule has 124 valence electrons. The second kappa shape index (κ2) is 6.21. The van der Waals surface area contributed by atoms with Gasteiger partial charge in [-0.15, -0.1) is 0 Å². The summed E-state index contributed by atoms with van der Waals surface area (Å²) < 4.78 is 6.02. The number of likely N-dealkylation sites (tertiary alicyclic amines) is 1. The van der Waals surface area contributed by atoms with Crippen LogP contribution in [0.1, 0.15) is 31.2 Å². The second-order valence-corrected chi connectivity index (χ2v) is 7.33. The minimum atomic E-state index is -0.129. The third kappa shape index (κ3) is 3.56. The van der Waals surface area contributed by atoms with E-state index in [1.54, 1.807) is 6.20 Å². The highest BCUT2D eigenvalue weighted by Gasteiger charge is 2.42. The second-order valence-electron chi connectivity index (χ2n) is 7.33. The molecule has 2 saturated heterocycles. The van der Waals surface area contributed by atoms with Crippen LogP contribution in [0.2, 0.25) is 0 Å². The van der Waals surface area contributed by atoms with Crippen molar-refractivity contribution in [3.8, 4) is 0 Å². The highest BCUT2D eigenvalue weighted by Crippen LogP contribution is 2.34. The summed E-state index contributed by atoms with van der Waals surface area (Å²) in [6.07, 6.45) is 8.50. The van der Waals surface area contributed by atoms with Crippen molar-refractivity contribution in [2.24, 2.45) is 5.92 Å². The van der Waals surface area contributed by atoms with Gasteiger partial charge in [0, 0.05) is 38.6 Å². The predicted molar refractivity (Wildman–Crippen MR) is 86.7 cm³/mol. The summed E-state index contributed by atoms with van der Waals surface area (Å²) in [6.45, 7) is 5.05. The highest BCUT2D eigenvalue weighted by molar-refractivity contribution is 5.78. The standard InChI is InChI=1S/C18H25N3O2/c22-17-13-23-18(5-8-20(9-6-18)11-15-3-4-15)14-21(17)12-16-2-1-7-19-10-16/h1-2,7,10,15H,3-6,8-9,11-14H2. The van der Waals surface area contributed by atoms with Gasteiger partial charge in [-0.3, -0.25) is 9.78 Å². The summed E-state index contributed by atoms with van der Waals surface area (Å²) in [7, 11) is 0. The van der Waals surface area contributed by atoms with Gasteiger partial charge < -0.3 is 14.5 Å². The van der Waals surface area contributed by atoms with Gasteiger partial charge in [0.25, 0.3) is 0 Å². The summed E-state index contributed by atoms with van der Waals surface area (Å²) >= 11 is 0. The number of morpholine rings is 1. The molecule has 1 saturated carbocycles. The molecule has 1 amide bonds. The maximum absolute atomic E-state index is 12.2. The zero-order valence-corrected chi connectivity index (χ0v) is 13.6. The van der Waals surface area contributed by atoms with E-state index in [2.05, 4.69) is 9.88 Å². The monoisotopic (exact) mass is 315 g/mol. The lowest BCUT2D eigenvalue weighted by Crippen LogP contribution is -2.58. The van der Waals surface area contributed by atoms with Crippen LogP contribution in [0.3, 0.4) is 0 Å². The summed E-state index contributed by atoms with van der Waals surface area (Å²) in [4.78, 5) is 20.9. The Bertz CT molecular complexity index is 551. The zero-order chi connectivity index (χ0) is 15.7. The topological polar surface area (TPSA) is 45.7 Å². The van der Waals surface area contributed by atoms with Crippen molar-refractivity contribution in [3.05, 3.63) is 30.1 Å². The molecule has 5 nitrogen and oxygen atoms in total. The Labute approximate surface area is 137 Å². The van der Waals surface area contributed by atoms with Gasteiger partial charge in [0.2, 0.25) is 5.91 Å². The van der Waals surface area contributed by atoms with E-state index >= 15 is 0 Å². The molecule has 3 fully saturated rings. The van der Waals surface area contributed by atoms with Gasteiger partial charge in [-0.1, -0.05) is 6.07 Å². The Morgan fingerprint density at radius 2 is 2.13 bits per heavy atom. The van der Waals surface area contributed by atoms with Crippen molar-refractivity contribution in [2.45, 2.75) is 37.8 Å². The molecule has 5 heteroatoms. The third-order valence-electron chi connectivity index (χ3n) is 5.41. The fourth-order valence-electron chi connectivity index (χ4n) is 3.76. The molecule has 1 aliphatic carbocycles. The molecule has 2 aliphatic heterocycles. The Morgan fingerprint density at radius 1 is 1.30 bits per heavy atom. The summed E-state index contributed by atoms with van der Waals surface area (Å²) in [5, 5.41) is 0. The molecule has 3 aliphatic rings. The van der Waals surface area contributed by atoms with Gasteiger partial charge in [0.05, 0.1) is 12.1 Å². The Kier molecular flexibility index (Phi) is 4.07. The van der Waals surface area contributed by atoms with Gasteiger partial charge in [0.1, 0.15) is 6.61 Å². The molecule has 0 N–H and O–H groups in total. The van der Waals surface area contributed by atoms with Crippen LogP contribution >= 0.6 is 0 Å². The number of nitrogens with zero attached hydrogens (tertiary/aromatic N) is 3. The number of ether oxygens (including phenoxy) is 1. The molecular weight excluding hydrogens is 290 g/mol. The Hall–Kier alpha value is -1.46. The van der Waals surface area contributed by atoms with Crippen molar-refractivity contribution in [1.82, 2.24) is 14.8 Å². The van der Waals surface area contributed by atoms with E-state index in [1.807, 2.05) is 23.2 Å². The van der Waals surface area contributed by atoms with Crippen LogP contribution in [0.5, 0.6) is 0 Å². The molecule has 0 aromatic carbocycles. The first-order chi connectivity index (χ1) is 11.2. The first-order valence-electron chi connectivity index (χ1n) is 8.75. The first kappa shape index (κ1) is 15.1. The molecule has 1 aromatic rings. The number of aromatic nitrogens is 1. The number of carbonyl (C=O) groups excluding carboxylic acids is 1. The van der Waals surface area contributed by atoms with Crippen LogP contribution in [-0.2, 0) is 16.1 Å². The fourth-order valence-corrected chi connectivity index (χ4v) is 3.76. The molecule has 1 aromatic heterocycles. The van der Waals surface area contributed by atoms with E-state index in [1.165, 1.54) is 19.4 Å². The minimum absolute atomic E-state index is 0.0971. The van der Waals surface area contributed by atoms with Crippen LogP contribution in [0.4, 0.5) is 0 Å². The molecule has 0 bridgehead atoms. The van der Waals surface area contributed by atoms with Gasteiger partial charge in [-0.25, -0.2) is 0 Å². The predicted octanol–water partition coefficient (Wildman–Crippen LogP) is 1.68. The minimum Gasteiger partial charge on any atom is -0.363 e. The Balaban J connectivity index is 1.37. The molecule has 0 radical (unpaired) electrons. The third-order valence-corrected chi connectivity index (χ3v) is 5.41. The normalized spacial score (nSPS) is 25.0. The number of piperidine rings is 1. The van der Waals surface area contributed by atoms with Crippen molar-refractivity contribution < 1.29 is 9.53 Å². The van der Waals surface area contributed by atoms with Crippen LogP contribution in [-0.4, -0.2) is 59.1 Å². The van der Waals surface area contributed by atoms with Gasteiger partial charge in [0.15, 0.2) is 0 Å². The first-order valence-corrected chi connectivity index (χ1v) is 8.75. The molecule has 1 spiro atoms. The number of pyridine rings is 1. The number of amides is 1. The lowest BCUT2D eigenvalue weighted by atomic mass is 9.89. The van der Waals surface area contributed by atoms with Crippen molar-refractivity contribution >= 4 is 5.91 Å². The van der Waals surface area contributed by atoms with E-state index in [0.29, 0.717) is 6.54 Å². The summed E-state index contributed by atoms with van der Waals surface area (Å²) in [6, 6.07) is 3.95. The smallest absolute Gasteiger partial charge is 0.248 e. The number of hydrogen-bond donors (Lipinski definition) is 0. The molecule has 0 atom stereocenters. The van der Waals surface area contributed by atoms with Crippen molar-refractivity contribution in [3.63, 3.8) is 0 Å². The summed E-state index contributed by atoms with van der Waals surface area (Å²) in [5.74, 6) is 1.04. The lowest BCUT2D eigenvalue weighted by Gasteiger charge is -2.47. The van der Waals surface area contributed by atoms with E-state index in [9.17, 15) is 4.79 Å². The molecule has 3 heterocycles. The van der Waals surface area contributed by atoms with Crippen LogP contribution < -0.4 is 0 Å². The van der Waals surface area contributed by atoms with Crippen LogP contribution in [0.15, 0.2) is 24.5 Å². The zero-order valence-electron chi connectivity index (χ0n) is 13.6. The quantitative estimate of drug-likeness (QED) is 0.848. The average molecular weight is 315 g/mol. The summed E-state index contributed by atoms with van der Waals surface area (Å²) in [5.41, 5.74) is 0.958. The number of hydrogen-bond acceptors (Lipinski definition) is 4. The maximum Gasteiger partial charge on any atom is 0.248 e. The van der Waals surface area contributed by atoms with Crippen molar-refractivity contribution in [1.29, 1.82) is 0 Å². The largest absolute Gasteiger partial charge is 0.363 e. The maximum atomic E-state index is 12.2. The van der Waals surface area contributed by atoms with E-state index in [0.717, 1.165) is 44.0 Å².